The molecule has 9 nitrogen and oxygen atoms in total. The molecule has 11 heteroatoms. The van der Waals surface area contributed by atoms with Gasteiger partial charge in [0, 0.05) is 18.0 Å². The summed E-state index contributed by atoms with van der Waals surface area (Å²) >= 11 is 0. The van der Waals surface area contributed by atoms with E-state index < -0.39 is 12.6 Å². The molecule has 30 heavy (non-hydrogen) atoms. The molecular formula is C19H21F2N9. The van der Waals surface area contributed by atoms with Crippen molar-refractivity contribution < 1.29 is 8.78 Å². The lowest BCUT2D eigenvalue weighted by molar-refractivity contribution is 0.0518. The molecule has 0 aliphatic heterocycles. The van der Waals surface area contributed by atoms with Crippen molar-refractivity contribution in [2.45, 2.75) is 33.4 Å². The second-order valence-corrected chi connectivity index (χ2v) is 7.20. The number of nitrogens with zero attached hydrogens (tertiary/aromatic N) is 7. The molecule has 0 bridgehead atoms. The van der Waals surface area contributed by atoms with E-state index in [-0.39, 0.29) is 17.8 Å². The summed E-state index contributed by atoms with van der Waals surface area (Å²) < 4.78 is 29.2. The van der Waals surface area contributed by atoms with E-state index in [0.717, 1.165) is 16.9 Å². The van der Waals surface area contributed by atoms with Gasteiger partial charge in [-0.25, -0.2) is 9.67 Å². The van der Waals surface area contributed by atoms with Gasteiger partial charge in [-0.15, -0.1) is 0 Å². The predicted octanol–water partition coefficient (Wildman–Crippen LogP) is 3.48. The van der Waals surface area contributed by atoms with Gasteiger partial charge in [0.15, 0.2) is 5.82 Å². The Morgan fingerprint density at radius 3 is 2.63 bits per heavy atom. The maximum absolute atomic E-state index is 13.3. The number of halogens is 2. The van der Waals surface area contributed by atoms with Crippen LogP contribution in [0.3, 0.4) is 0 Å². The Hall–Kier alpha value is -3.63. The lowest BCUT2D eigenvalue weighted by atomic mass is 10.0. The highest BCUT2D eigenvalue weighted by atomic mass is 19.3. The quantitative estimate of drug-likeness (QED) is 0.498. The molecule has 0 saturated carbocycles. The zero-order chi connectivity index (χ0) is 21.4. The van der Waals surface area contributed by atoms with Crippen molar-refractivity contribution in [3.8, 4) is 11.4 Å². The molecule has 0 fully saturated rings. The maximum Gasteiger partial charge on any atom is 0.333 e. The van der Waals surface area contributed by atoms with Gasteiger partial charge in [0.25, 0.3) is 0 Å². The summed E-state index contributed by atoms with van der Waals surface area (Å²) in [4.78, 5) is 17.1. The number of anilines is 2. The van der Waals surface area contributed by atoms with Crippen LogP contribution in [0.5, 0.6) is 0 Å². The number of aryl methyl sites for hydroxylation is 1. The van der Waals surface area contributed by atoms with E-state index in [1.165, 1.54) is 6.20 Å². The largest absolute Gasteiger partial charge is 0.368 e. The smallest absolute Gasteiger partial charge is 0.333 e. The van der Waals surface area contributed by atoms with Gasteiger partial charge >= 0.3 is 6.55 Å². The van der Waals surface area contributed by atoms with Crippen LogP contribution in [0.25, 0.3) is 16.9 Å². The predicted molar refractivity (Wildman–Crippen MR) is 108 cm³/mol. The highest BCUT2D eigenvalue weighted by molar-refractivity contribution is 5.61. The van der Waals surface area contributed by atoms with E-state index in [0.29, 0.717) is 16.2 Å². The van der Waals surface area contributed by atoms with E-state index in [4.69, 9.17) is 5.73 Å². The Morgan fingerprint density at radius 1 is 1.10 bits per heavy atom. The van der Waals surface area contributed by atoms with Crippen LogP contribution in [-0.4, -0.2) is 34.1 Å². The fourth-order valence-corrected chi connectivity index (χ4v) is 3.29. The van der Waals surface area contributed by atoms with Crippen LogP contribution >= 0.6 is 0 Å². The normalized spacial score (nSPS) is 12.8. The standard InChI is InChI=1S/C19H21F2N9/c1-10(2)15(14-6-7-24-30(14)17(20)21)25-19-27-16(26-18(22)28-19)12-4-5-13-8-23-11(3)29(13)9-12/h4-10,15,17H,1-3H3,(H3,22,25,26,27,28)/t15-/m0/s1. The summed E-state index contributed by atoms with van der Waals surface area (Å²) in [5.74, 6) is 1.36. The van der Waals surface area contributed by atoms with Crippen LogP contribution in [0.1, 0.15) is 38.0 Å². The Kier molecular flexibility index (Phi) is 5.02. The zero-order valence-corrected chi connectivity index (χ0v) is 16.7. The zero-order valence-electron chi connectivity index (χ0n) is 16.7. The summed E-state index contributed by atoms with van der Waals surface area (Å²) in [6.07, 6.45) is 4.98. The van der Waals surface area contributed by atoms with Gasteiger partial charge in [-0.3, -0.25) is 0 Å². The summed E-state index contributed by atoms with van der Waals surface area (Å²) in [6, 6.07) is 4.81. The van der Waals surface area contributed by atoms with Gasteiger partial charge in [0.05, 0.1) is 23.4 Å². The minimum Gasteiger partial charge on any atom is -0.368 e. The Bertz CT molecular complexity index is 1180. The SMILES string of the molecule is Cc1ncc2ccc(-c3nc(N)nc(N[C@H](c4ccnn4C(F)F)C(C)C)n3)cn12. The van der Waals surface area contributed by atoms with Crippen molar-refractivity contribution in [3.63, 3.8) is 0 Å². The van der Waals surface area contributed by atoms with Gasteiger partial charge in [0.1, 0.15) is 5.82 Å². The van der Waals surface area contributed by atoms with Crippen LogP contribution < -0.4 is 11.1 Å². The van der Waals surface area contributed by atoms with Crippen LogP contribution in [0.2, 0.25) is 0 Å². The minimum absolute atomic E-state index is 0.0230. The molecule has 0 aromatic carbocycles. The molecule has 0 spiro atoms. The number of hydrogen-bond donors (Lipinski definition) is 2. The number of fused-ring (bicyclic) bond motifs is 1. The number of nitrogen functional groups attached to an aromatic ring is 1. The molecule has 0 aliphatic rings. The van der Waals surface area contributed by atoms with Crippen molar-refractivity contribution in [1.82, 2.24) is 34.1 Å². The van der Waals surface area contributed by atoms with E-state index in [9.17, 15) is 8.78 Å². The summed E-state index contributed by atoms with van der Waals surface area (Å²) in [6.45, 7) is 2.95. The summed E-state index contributed by atoms with van der Waals surface area (Å²) in [7, 11) is 0. The monoisotopic (exact) mass is 413 g/mol. The molecular weight excluding hydrogens is 392 g/mol. The lowest BCUT2D eigenvalue weighted by Crippen LogP contribution is -2.23. The number of nitrogens with two attached hydrogens (primary N) is 1. The molecule has 1 atom stereocenters. The molecule has 0 amide bonds. The third-order valence-corrected chi connectivity index (χ3v) is 4.78. The third kappa shape index (κ3) is 3.65. The fourth-order valence-electron chi connectivity index (χ4n) is 3.29. The van der Waals surface area contributed by atoms with Crippen LogP contribution in [0.15, 0.2) is 36.8 Å². The van der Waals surface area contributed by atoms with Crippen molar-refractivity contribution in [3.05, 3.63) is 48.3 Å². The number of aromatic nitrogens is 7. The number of nitrogens with one attached hydrogen (secondary N) is 1. The maximum atomic E-state index is 13.3. The number of rotatable bonds is 6. The number of hydrogen-bond acceptors (Lipinski definition) is 7. The van der Waals surface area contributed by atoms with Crippen LogP contribution in [0.4, 0.5) is 20.7 Å². The second-order valence-electron chi connectivity index (χ2n) is 7.20. The average Bonchev–Trinajstić information content (AvgIpc) is 3.32. The Balaban J connectivity index is 1.71. The van der Waals surface area contributed by atoms with Crippen molar-refractivity contribution in [2.75, 3.05) is 11.1 Å². The fraction of sp³-hybridized carbons (Fsp3) is 0.316. The van der Waals surface area contributed by atoms with E-state index in [1.54, 1.807) is 12.3 Å². The molecule has 3 N–H and O–H groups in total. The number of pyridine rings is 1. The van der Waals surface area contributed by atoms with Gasteiger partial charge in [-0.2, -0.15) is 28.8 Å². The van der Waals surface area contributed by atoms with Crippen molar-refractivity contribution in [2.24, 2.45) is 5.92 Å². The third-order valence-electron chi connectivity index (χ3n) is 4.78. The molecule has 4 aromatic rings. The lowest BCUT2D eigenvalue weighted by Gasteiger charge is -2.23. The minimum atomic E-state index is -2.75. The van der Waals surface area contributed by atoms with Gasteiger partial charge in [-0.1, -0.05) is 13.8 Å². The summed E-state index contributed by atoms with van der Waals surface area (Å²) in [5, 5.41) is 6.83. The van der Waals surface area contributed by atoms with E-state index in [2.05, 4.69) is 30.4 Å². The molecule has 0 radical (unpaired) electrons. The molecule has 0 aliphatic carbocycles. The highest BCUT2D eigenvalue weighted by Gasteiger charge is 2.24. The molecule has 4 heterocycles. The van der Waals surface area contributed by atoms with Crippen molar-refractivity contribution in [1.29, 1.82) is 0 Å². The Morgan fingerprint density at radius 2 is 1.90 bits per heavy atom. The van der Waals surface area contributed by atoms with Crippen LogP contribution in [0, 0.1) is 12.8 Å². The molecule has 0 unspecified atom stereocenters. The highest BCUT2D eigenvalue weighted by Crippen LogP contribution is 2.28. The van der Waals surface area contributed by atoms with E-state index in [1.807, 2.05) is 43.5 Å². The van der Waals surface area contributed by atoms with E-state index >= 15 is 0 Å². The number of alkyl halides is 2. The first-order chi connectivity index (χ1) is 14.3. The van der Waals surface area contributed by atoms with Gasteiger partial charge in [-0.05, 0) is 31.0 Å². The summed E-state index contributed by atoms with van der Waals surface area (Å²) in [5.41, 5.74) is 7.90. The first-order valence-corrected chi connectivity index (χ1v) is 9.37. The van der Waals surface area contributed by atoms with Crippen molar-refractivity contribution >= 4 is 17.4 Å². The molecule has 0 saturated heterocycles. The first kappa shape index (κ1) is 19.7. The first-order valence-electron chi connectivity index (χ1n) is 9.37. The van der Waals surface area contributed by atoms with Gasteiger partial charge < -0.3 is 15.5 Å². The molecule has 4 aromatic heterocycles. The Labute approximate surface area is 171 Å². The topological polar surface area (TPSA) is 112 Å². The number of imidazole rings is 1. The van der Waals surface area contributed by atoms with Gasteiger partial charge in [0.2, 0.25) is 11.9 Å². The molecule has 156 valence electrons. The average molecular weight is 413 g/mol. The molecule has 4 rings (SSSR count). The second kappa shape index (κ2) is 7.65. The van der Waals surface area contributed by atoms with Crippen LogP contribution in [-0.2, 0) is 0 Å².